The second kappa shape index (κ2) is 1.95. The number of hydrogen-bond acceptors (Lipinski definition) is 1. The second-order valence-corrected chi connectivity index (χ2v) is 4.36. The topological polar surface area (TPSA) is 37.3 Å². The third-order valence-electron chi connectivity index (χ3n) is 1.75. The predicted molar refractivity (Wildman–Crippen MR) is 41.2 cm³/mol. The standard InChI is InChI=1S/C5H6Br2O2/c1-5(4(8)9)2(6)3(5)7/h2-3H,1H3,(H,8,9). The summed E-state index contributed by atoms with van der Waals surface area (Å²) in [4.78, 5) is 10.6. The minimum absolute atomic E-state index is 0.0856. The van der Waals surface area contributed by atoms with Crippen LogP contribution in [0.5, 0.6) is 0 Å². The van der Waals surface area contributed by atoms with Crippen LogP contribution in [0.15, 0.2) is 0 Å². The van der Waals surface area contributed by atoms with Crippen LogP contribution in [0.4, 0.5) is 0 Å². The quantitative estimate of drug-likeness (QED) is 0.725. The van der Waals surface area contributed by atoms with E-state index >= 15 is 0 Å². The van der Waals surface area contributed by atoms with Crippen LogP contribution in [0.3, 0.4) is 0 Å². The van der Waals surface area contributed by atoms with Gasteiger partial charge in [-0.1, -0.05) is 31.9 Å². The maximum absolute atomic E-state index is 10.4. The number of alkyl halides is 2. The van der Waals surface area contributed by atoms with Crippen molar-refractivity contribution < 1.29 is 9.90 Å². The molecule has 2 atom stereocenters. The number of rotatable bonds is 1. The van der Waals surface area contributed by atoms with Crippen LogP contribution < -0.4 is 0 Å². The van der Waals surface area contributed by atoms with Crippen LogP contribution in [0, 0.1) is 5.41 Å². The fourth-order valence-electron chi connectivity index (χ4n) is 0.646. The highest BCUT2D eigenvalue weighted by molar-refractivity contribution is 9.13. The number of hydrogen-bond donors (Lipinski definition) is 1. The molecule has 1 rings (SSSR count). The minimum Gasteiger partial charge on any atom is -0.481 e. The van der Waals surface area contributed by atoms with Crippen LogP contribution in [0.1, 0.15) is 6.92 Å². The molecule has 52 valence electrons. The molecule has 1 N–H and O–H groups in total. The van der Waals surface area contributed by atoms with Gasteiger partial charge in [0.2, 0.25) is 0 Å². The molecule has 0 amide bonds. The molecule has 0 saturated heterocycles. The first-order chi connectivity index (χ1) is 4.01. The van der Waals surface area contributed by atoms with Gasteiger partial charge in [-0.25, -0.2) is 0 Å². The highest BCUT2D eigenvalue weighted by atomic mass is 79.9. The summed E-state index contributed by atoms with van der Waals surface area (Å²) < 4.78 is 0. The van der Waals surface area contributed by atoms with Crippen molar-refractivity contribution in [2.24, 2.45) is 5.41 Å². The molecular weight excluding hydrogens is 252 g/mol. The molecule has 1 fully saturated rings. The van der Waals surface area contributed by atoms with Gasteiger partial charge in [0, 0.05) is 9.65 Å². The van der Waals surface area contributed by atoms with Crippen molar-refractivity contribution in [2.45, 2.75) is 16.6 Å². The van der Waals surface area contributed by atoms with E-state index in [0.29, 0.717) is 0 Å². The third-order valence-corrected chi connectivity index (χ3v) is 5.42. The maximum Gasteiger partial charge on any atom is 0.311 e. The average molecular weight is 258 g/mol. The van der Waals surface area contributed by atoms with Crippen molar-refractivity contribution in [3.63, 3.8) is 0 Å². The number of aliphatic carboxylic acids is 1. The molecule has 0 radical (unpaired) electrons. The van der Waals surface area contributed by atoms with Gasteiger partial charge in [-0.2, -0.15) is 0 Å². The smallest absolute Gasteiger partial charge is 0.311 e. The summed E-state index contributed by atoms with van der Waals surface area (Å²) in [6, 6.07) is 0. The molecule has 0 aromatic heterocycles. The molecule has 4 heteroatoms. The number of halogens is 2. The van der Waals surface area contributed by atoms with Gasteiger partial charge >= 0.3 is 5.97 Å². The Balaban J connectivity index is 2.71. The van der Waals surface area contributed by atoms with Crippen molar-refractivity contribution in [1.29, 1.82) is 0 Å². The summed E-state index contributed by atoms with van der Waals surface area (Å²) in [7, 11) is 0. The SMILES string of the molecule is CC1(C(=O)O)C(Br)C1Br. The van der Waals surface area contributed by atoms with Crippen molar-refractivity contribution >= 4 is 37.8 Å². The van der Waals surface area contributed by atoms with E-state index in [0.717, 1.165) is 0 Å². The molecule has 0 heterocycles. The Labute approximate surface area is 69.9 Å². The Morgan fingerprint density at radius 3 is 1.89 bits per heavy atom. The summed E-state index contributed by atoms with van der Waals surface area (Å²) in [5, 5.41) is 8.59. The first-order valence-corrected chi connectivity index (χ1v) is 4.36. The van der Waals surface area contributed by atoms with E-state index in [9.17, 15) is 4.79 Å². The van der Waals surface area contributed by atoms with Gasteiger partial charge in [-0.05, 0) is 6.92 Å². The molecule has 0 spiro atoms. The highest BCUT2D eigenvalue weighted by Gasteiger charge is 2.64. The predicted octanol–water partition coefficient (Wildman–Crippen LogP) is 1.62. The van der Waals surface area contributed by atoms with Crippen LogP contribution in [-0.4, -0.2) is 20.7 Å². The van der Waals surface area contributed by atoms with Gasteiger partial charge in [0.15, 0.2) is 0 Å². The lowest BCUT2D eigenvalue weighted by molar-refractivity contribution is -0.142. The van der Waals surface area contributed by atoms with Gasteiger partial charge in [0.1, 0.15) is 0 Å². The van der Waals surface area contributed by atoms with Crippen LogP contribution in [-0.2, 0) is 4.79 Å². The van der Waals surface area contributed by atoms with Crippen molar-refractivity contribution in [3.8, 4) is 0 Å². The third kappa shape index (κ3) is 0.835. The van der Waals surface area contributed by atoms with E-state index in [1.807, 2.05) is 0 Å². The monoisotopic (exact) mass is 256 g/mol. The largest absolute Gasteiger partial charge is 0.481 e. The molecule has 0 aliphatic heterocycles. The van der Waals surface area contributed by atoms with Crippen LogP contribution in [0.25, 0.3) is 0 Å². The maximum atomic E-state index is 10.4. The van der Waals surface area contributed by atoms with E-state index in [1.54, 1.807) is 6.92 Å². The lowest BCUT2D eigenvalue weighted by atomic mass is 10.2. The molecule has 2 nitrogen and oxygen atoms in total. The van der Waals surface area contributed by atoms with E-state index in [-0.39, 0.29) is 9.65 Å². The second-order valence-electron chi connectivity index (χ2n) is 2.39. The van der Waals surface area contributed by atoms with E-state index in [2.05, 4.69) is 31.9 Å². The first-order valence-electron chi connectivity index (χ1n) is 2.52. The molecule has 1 saturated carbocycles. The lowest BCUT2D eigenvalue weighted by Crippen LogP contribution is -2.14. The zero-order valence-corrected chi connectivity index (χ0v) is 7.94. The van der Waals surface area contributed by atoms with Gasteiger partial charge in [0.25, 0.3) is 0 Å². The van der Waals surface area contributed by atoms with Crippen molar-refractivity contribution in [1.82, 2.24) is 0 Å². The Morgan fingerprint density at radius 1 is 1.56 bits per heavy atom. The minimum atomic E-state index is -0.744. The number of carboxylic acids is 1. The first kappa shape index (κ1) is 7.54. The Bertz CT molecular complexity index is 149. The molecule has 0 aromatic carbocycles. The Kier molecular flexibility index (Phi) is 1.64. The summed E-state index contributed by atoms with van der Waals surface area (Å²) in [5.74, 6) is -0.744. The van der Waals surface area contributed by atoms with E-state index in [4.69, 9.17) is 5.11 Å². The summed E-state index contributed by atoms with van der Waals surface area (Å²) >= 11 is 6.49. The summed E-state index contributed by atoms with van der Waals surface area (Å²) in [6.07, 6.45) is 0. The van der Waals surface area contributed by atoms with Gasteiger partial charge in [0.05, 0.1) is 5.41 Å². The fourth-order valence-corrected chi connectivity index (χ4v) is 2.76. The van der Waals surface area contributed by atoms with Crippen LogP contribution >= 0.6 is 31.9 Å². The molecule has 1 aliphatic rings. The van der Waals surface area contributed by atoms with Gasteiger partial charge in [-0.3, -0.25) is 4.79 Å². The van der Waals surface area contributed by atoms with Crippen molar-refractivity contribution in [3.05, 3.63) is 0 Å². The molecule has 9 heavy (non-hydrogen) atoms. The summed E-state index contributed by atoms with van der Waals surface area (Å²) in [5.41, 5.74) is -0.583. The highest BCUT2D eigenvalue weighted by Crippen LogP contribution is 2.56. The number of carbonyl (C=O) groups is 1. The van der Waals surface area contributed by atoms with Crippen LogP contribution in [0.2, 0.25) is 0 Å². The lowest BCUT2D eigenvalue weighted by Gasteiger charge is -1.98. The Hall–Kier alpha value is 0.430. The van der Waals surface area contributed by atoms with Crippen molar-refractivity contribution in [2.75, 3.05) is 0 Å². The van der Waals surface area contributed by atoms with E-state index in [1.165, 1.54) is 0 Å². The molecular formula is C5H6Br2O2. The molecule has 2 unspecified atom stereocenters. The molecule has 0 aromatic rings. The van der Waals surface area contributed by atoms with Gasteiger partial charge < -0.3 is 5.11 Å². The Morgan fingerprint density at radius 2 is 1.89 bits per heavy atom. The number of carboxylic acid groups (broad SMARTS) is 1. The molecule has 0 bridgehead atoms. The van der Waals surface area contributed by atoms with E-state index < -0.39 is 11.4 Å². The normalized spacial score (nSPS) is 48.8. The summed E-state index contributed by atoms with van der Waals surface area (Å²) in [6.45, 7) is 1.72. The zero-order chi connectivity index (χ0) is 7.23. The average Bonchev–Trinajstić information content (AvgIpc) is 2.22. The molecule has 1 aliphatic carbocycles. The van der Waals surface area contributed by atoms with Gasteiger partial charge in [-0.15, -0.1) is 0 Å². The fraction of sp³-hybridized carbons (Fsp3) is 0.800. The zero-order valence-electron chi connectivity index (χ0n) is 4.77.